The number of ether oxygens (including phenoxy) is 1. The summed E-state index contributed by atoms with van der Waals surface area (Å²) < 4.78 is 7.31. The number of nitrogens with one attached hydrogen (secondary N) is 1. The Bertz CT molecular complexity index is 1010. The maximum atomic E-state index is 12.3. The van der Waals surface area contributed by atoms with Gasteiger partial charge in [0.05, 0.1) is 31.0 Å². The number of nitrogens with zero attached hydrogens (tertiary/aromatic N) is 2. The molecule has 0 aliphatic heterocycles. The average Bonchev–Trinajstić information content (AvgIpc) is 2.71. The van der Waals surface area contributed by atoms with Crippen LogP contribution in [0.2, 0.25) is 0 Å². The van der Waals surface area contributed by atoms with Gasteiger partial charge in [-0.1, -0.05) is 36.4 Å². The molecule has 0 saturated heterocycles. The molecule has 2 aromatic carbocycles. The van der Waals surface area contributed by atoms with Crippen LogP contribution in [0, 0.1) is 0 Å². The minimum atomic E-state index is -0.113. The van der Waals surface area contributed by atoms with E-state index in [2.05, 4.69) is 10.4 Å². The number of para-hydroxylation sites is 1. The van der Waals surface area contributed by atoms with Gasteiger partial charge in [-0.05, 0) is 37.1 Å². The van der Waals surface area contributed by atoms with Crippen molar-refractivity contribution in [2.24, 2.45) is 0 Å². The van der Waals surface area contributed by atoms with Crippen LogP contribution in [0.15, 0.2) is 59.5 Å². The number of hydrogen-bond donors (Lipinski definition) is 1. The molecule has 0 saturated carbocycles. The lowest BCUT2D eigenvalue weighted by molar-refractivity contribution is -0.121. The number of benzene rings is 2. The van der Waals surface area contributed by atoms with E-state index >= 15 is 0 Å². The van der Waals surface area contributed by atoms with Gasteiger partial charge in [0.25, 0.3) is 0 Å². The van der Waals surface area contributed by atoms with Crippen LogP contribution < -0.4 is 10.7 Å². The molecule has 6 heteroatoms. The molecule has 28 heavy (non-hydrogen) atoms. The average molecular weight is 379 g/mol. The van der Waals surface area contributed by atoms with Gasteiger partial charge in [0.1, 0.15) is 0 Å². The van der Waals surface area contributed by atoms with E-state index < -0.39 is 0 Å². The zero-order chi connectivity index (χ0) is 19.9. The first kappa shape index (κ1) is 19.8. The second kappa shape index (κ2) is 9.28. The van der Waals surface area contributed by atoms with Crippen molar-refractivity contribution in [2.45, 2.75) is 46.1 Å². The first-order chi connectivity index (χ1) is 13.5. The van der Waals surface area contributed by atoms with Crippen molar-refractivity contribution in [2.75, 3.05) is 0 Å². The second-order valence-corrected chi connectivity index (χ2v) is 6.96. The summed E-state index contributed by atoms with van der Waals surface area (Å²) in [6, 6.07) is 15.3. The maximum Gasteiger partial charge on any atom is 0.222 e. The third-order valence-corrected chi connectivity index (χ3v) is 4.38. The number of hydrogen-bond acceptors (Lipinski definition) is 4. The van der Waals surface area contributed by atoms with E-state index in [0.717, 1.165) is 16.6 Å². The maximum absolute atomic E-state index is 12.3. The predicted molar refractivity (Wildman–Crippen MR) is 109 cm³/mol. The molecule has 0 radical (unpaired) electrons. The van der Waals surface area contributed by atoms with Crippen molar-refractivity contribution in [3.8, 4) is 0 Å². The van der Waals surface area contributed by atoms with Crippen LogP contribution in [0.25, 0.3) is 10.9 Å². The molecule has 1 amide bonds. The Morgan fingerprint density at radius 2 is 1.93 bits per heavy atom. The lowest BCUT2D eigenvalue weighted by atomic mass is 10.1. The first-order valence-electron chi connectivity index (χ1n) is 9.44. The van der Waals surface area contributed by atoms with Crippen molar-refractivity contribution in [1.82, 2.24) is 15.1 Å². The summed E-state index contributed by atoms with van der Waals surface area (Å²) in [5.41, 5.74) is 2.74. The standard InChI is InChI=1S/C22H25N3O3/c1-16(2)28-15-18-7-5-6-17(12-18)13-23-22(27)10-11-25-20-9-4-3-8-19(20)21(26)14-24-25/h3-9,12,14,16H,10-11,13,15H2,1-2H3,(H,23,27). The molecule has 1 heterocycles. The molecule has 3 rings (SSSR count). The lowest BCUT2D eigenvalue weighted by Gasteiger charge is -2.11. The molecule has 0 aliphatic rings. The number of carbonyl (C=O) groups excluding carboxylic acids is 1. The predicted octanol–water partition coefficient (Wildman–Crippen LogP) is 3.03. The van der Waals surface area contributed by atoms with Gasteiger partial charge in [-0.2, -0.15) is 5.10 Å². The Hall–Kier alpha value is -2.99. The van der Waals surface area contributed by atoms with Gasteiger partial charge in [-0.25, -0.2) is 0 Å². The third-order valence-electron chi connectivity index (χ3n) is 4.38. The minimum absolute atomic E-state index is 0.0617. The molecular formula is C22H25N3O3. The summed E-state index contributed by atoms with van der Waals surface area (Å²) in [6.07, 6.45) is 1.77. The summed E-state index contributed by atoms with van der Waals surface area (Å²) in [7, 11) is 0. The molecule has 0 aliphatic carbocycles. The fourth-order valence-corrected chi connectivity index (χ4v) is 2.93. The Morgan fingerprint density at radius 1 is 1.14 bits per heavy atom. The summed E-state index contributed by atoms with van der Waals surface area (Å²) >= 11 is 0. The highest BCUT2D eigenvalue weighted by Crippen LogP contribution is 2.09. The molecule has 1 N–H and O–H groups in total. The quantitative estimate of drug-likeness (QED) is 0.653. The van der Waals surface area contributed by atoms with Gasteiger partial charge >= 0.3 is 0 Å². The van der Waals surface area contributed by atoms with E-state index in [1.807, 2.05) is 56.3 Å². The van der Waals surface area contributed by atoms with Crippen LogP contribution in [0.4, 0.5) is 0 Å². The summed E-state index contributed by atoms with van der Waals surface area (Å²) in [5, 5.41) is 7.70. The second-order valence-electron chi connectivity index (χ2n) is 6.96. The third kappa shape index (κ3) is 5.27. The Kier molecular flexibility index (Phi) is 6.55. The first-order valence-corrected chi connectivity index (χ1v) is 9.44. The van der Waals surface area contributed by atoms with Crippen molar-refractivity contribution in [3.63, 3.8) is 0 Å². The number of aromatic nitrogens is 2. The summed E-state index contributed by atoms with van der Waals surface area (Å²) in [5.74, 6) is -0.0617. The molecule has 0 fully saturated rings. The highest BCUT2D eigenvalue weighted by atomic mass is 16.5. The highest BCUT2D eigenvalue weighted by Gasteiger charge is 2.07. The van der Waals surface area contributed by atoms with Crippen molar-refractivity contribution in [1.29, 1.82) is 0 Å². The number of fused-ring (bicyclic) bond motifs is 1. The van der Waals surface area contributed by atoms with Gasteiger partial charge in [0.15, 0.2) is 0 Å². The molecule has 3 aromatic rings. The molecule has 6 nitrogen and oxygen atoms in total. The van der Waals surface area contributed by atoms with Crippen molar-refractivity contribution in [3.05, 3.63) is 76.1 Å². The topological polar surface area (TPSA) is 73.2 Å². The lowest BCUT2D eigenvalue weighted by Crippen LogP contribution is -2.25. The van der Waals surface area contributed by atoms with Gasteiger partial charge < -0.3 is 10.1 Å². The highest BCUT2D eigenvalue weighted by molar-refractivity contribution is 5.79. The molecule has 0 atom stereocenters. The number of rotatable bonds is 8. The van der Waals surface area contributed by atoms with Gasteiger partial charge in [-0.15, -0.1) is 0 Å². The van der Waals surface area contributed by atoms with E-state index in [1.165, 1.54) is 6.20 Å². The fourth-order valence-electron chi connectivity index (χ4n) is 2.93. The van der Waals surface area contributed by atoms with Crippen LogP contribution in [-0.2, 0) is 29.2 Å². The molecule has 0 spiro atoms. The number of amides is 1. The van der Waals surface area contributed by atoms with Gasteiger partial charge in [0, 0.05) is 18.4 Å². The Labute approximate surface area is 164 Å². The smallest absolute Gasteiger partial charge is 0.222 e. The largest absolute Gasteiger partial charge is 0.374 e. The van der Waals surface area contributed by atoms with Crippen molar-refractivity contribution >= 4 is 16.8 Å². The van der Waals surface area contributed by atoms with Crippen LogP contribution in [-0.4, -0.2) is 21.8 Å². The van der Waals surface area contributed by atoms with E-state index in [-0.39, 0.29) is 23.9 Å². The normalized spacial score (nSPS) is 11.1. The van der Waals surface area contributed by atoms with Crippen molar-refractivity contribution < 1.29 is 9.53 Å². The van der Waals surface area contributed by atoms with Gasteiger partial charge in [0.2, 0.25) is 11.3 Å². The number of aryl methyl sites for hydroxylation is 1. The molecule has 0 bridgehead atoms. The Balaban J connectivity index is 1.55. The van der Waals surface area contributed by atoms with E-state index in [1.54, 1.807) is 10.7 Å². The SMILES string of the molecule is CC(C)OCc1cccc(CNC(=O)CCn2ncc(=O)c3ccccc32)c1. The molecule has 1 aromatic heterocycles. The minimum Gasteiger partial charge on any atom is -0.374 e. The monoisotopic (exact) mass is 379 g/mol. The zero-order valence-corrected chi connectivity index (χ0v) is 16.2. The van der Waals surface area contributed by atoms with Crippen LogP contribution in [0.1, 0.15) is 31.4 Å². The zero-order valence-electron chi connectivity index (χ0n) is 16.2. The van der Waals surface area contributed by atoms with Crippen LogP contribution >= 0.6 is 0 Å². The van der Waals surface area contributed by atoms with E-state index in [0.29, 0.717) is 25.1 Å². The summed E-state index contributed by atoms with van der Waals surface area (Å²) in [6.45, 7) is 5.45. The molecular weight excluding hydrogens is 354 g/mol. The summed E-state index contributed by atoms with van der Waals surface area (Å²) in [4.78, 5) is 24.1. The number of carbonyl (C=O) groups is 1. The molecule has 0 unspecified atom stereocenters. The Morgan fingerprint density at radius 3 is 2.75 bits per heavy atom. The van der Waals surface area contributed by atoms with Crippen LogP contribution in [0.3, 0.4) is 0 Å². The fraction of sp³-hybridized carbons (Fsp3) is 0.318. The van der Waals surface area contributed by atoms with Crippen LogP contribution in [0.5, 0.6) is 0 Å². The molecule has 146 valence electrons. The van der Waals surface area contributed by atoms with E-state index in [4.69, 9.17) is 4.74 Å². The van der Waals surface area contributed by atoms with Gasteiger partial charge in [-0.3, -0.25) is 14.3 Å². The van der Waals surface area contributed by atoms with E-state index in [9.17, 15) is 9.59 Å².